The van der Waals surface area contributed by atoms with Gasteiger partial charge in [0.2, 0.25) is 0 Å². The first-order valence-electron chi connectivity index (χ1n) is 9.53. The summed E-state index contributed by atoms with van der Waals surface area (Å²) in [6.45, 7) is 0.757. The number of non-ortho nitro benzene ring substituents is 1. The highest BCUT2D eigenvalue weighted by Gasteiger charge is 2.05. The Kier molecular flexibility index (Phi) is 7.16. The number of anilines is 1. The van der Waals surface area contributed by atoms with Gasteiger partial charge in [0, 0.05) is 30.9 Å². The first-order valence-corrected chi connectivity index (χ1v) is 9.53. The Morgan fingerprint density at radius 2 is 1.55 bits per heavy atom. The van der Waals surface area contributed by atoms with E-state index >= 15 is 0 Å². The Hall–Kier alpha value is -4.38. The Balaban J connectivity index is 1.38. The van der Waals surface area contributed by atoms with Gasteiger partial charge >= 0.3 is 0 Å². The zero-order valence-corrected chi connectivity index (χ0v) is 16.6. The molecule has 0 saturated carbocycles. The standard InChI is InChI=1S/C23H20N4O4/c24-15-17-1-3-18(4-2-17)19-5-11-22(12-6-19)31-16-23(28)26-14-13-25-20-7-9-21(10-8-20)27(29)30/h1-12,25H,13-14,16H2,(H,26,28). The second-order valence-electron chi connectivity index (χ2n) is 6.58. The topological polar surface area (TPSA) is 117 Å². The predicted molar refractivity (Wildman–Crippen MR) is 117 cm³/mol. The Morgan fingerprint density at radius 1 is 0.935 bits per heavy atom. The molecule has 3 aromatic carbocycles. The summed E-state index contributed by atoms with van der Waals surface area (Å²) in [4.78, 5) is 22.1. The number of hydrogen-bond acceptors (Lipinski definition) is 6. The van der Waals surface area contributed by atoms with Gasteiger partial charge in [-0.2, -0.15) is 5.26 Å². The van der Waals surface area contributed by atoms with Gasteiger partial charge < -0.3 is 15.4 Å². The van der Waals surface area contributed by atoms with Gasteiger partial charge in [-0.25, -0.2) is 0 Å². The Morgan fingerprint density at radius 3 is 2.13 bits per heavy atom. The van der Waals surface area contributed by atoms with Crippen molar-refractivity contribution in [3.63, 3.8) is 0 Å². The van der Waals surface area contributed by atoms with Crippen LogP contribution in [0.2, 0.25) is 0 Å². The lowest BCUT2D eigenvalue weighted by Gasteiger charge is -2.10. The molecule has 8 nitrogen and oxygen atoms in total. The average molecular weight is 416 g/mol. The van der Waals surface area contributed by atoms with Crippen LogP contribution in [-0.2, 0) is 4.79 Å². The normalized spacial score (nSPS) is 10.0. The number of nitro benzene ring substituents is 1. The van der Waals surface area contributed by atoms with E-state index in [2.05, 4.69) is 16.7 Å². The van der Waals surface area contributed by atoms with Crippen LogP contribution in [0.3, 0.4) is 0 Å². The summed E-state index contributed by atoms with van der Waals surface area (Å²) in [6.07, 6.45) is 0. The van der Waals surface area contributed by atoms with E-state index in [9.17, 15) is 14.9 Å². The van der Waals surface area contributed by atoms with E-state index in [4.69, 9.17) is 10.00 Å². The number of nitrogens with one attached hydrogen (secondary N) is 2. The molecule has 0 heterocycles. The molecule has 0 bridgehead atoms. The molecule has 0 saturated heterocycles. The number of hydrogen-bond donors (Lipinski definition) is 2. The third kappa shape index (κ3) is 6.30. The maximum absolute atomic E-state index is 11.9. The molecule has 3 rings (SSSR count). The van der Waals surface area contributed by atoms with Gasteiger partial charge in [-0.1, -0.05) is 24.3 Å². The molecule has 0 aliphatic rings. The summed E-state index contributed by atoms with van der Waals surface area (Å²) in [5, 5.41) is 25.3. The molecule has 0 aliphatic heterocycles. The van der Waals surface area contributed by atoms with Crippen LogP contribution in [0.15, 0.2) is 72.8 Å². The fourth-order valence-corrected chi connectivity index (χ4v) is 2.79. The Bertz CT molecular complexity index is 1070. The summed E-state index contributed by atoms with van der Waals surface area (Å²) in [6, 6.07) is 22.8. The van der Waals surface area contributed by atoms with Crippen LogP contribution in [-0.4, -0.2) is 30.5 Å². The van der Waals surface area contributed by atoms with Crippen LogP contribution < -0.4 is 15.4 Å². The van der Waals surface area contributed by atoms with E-state index in [1.54, 1.807) is 36.4 Å². The van der Waals surface area contributed by atoms with Crippen molar-refractivity contribution >= 4 is 17.3 Å². The van der Waals surface area contributed by atoms with Crippen LogP contribution in [0, 0.1) is 21.4 Å². The van der Waals surface area contributed by atoms with Crippen LogP contribution in [0.1, 0.15) is 5.56 Å². The molecule has 3 aromatic rings. The molecule has 156 valence electrons. The molecule has 0 radical (unpaired) electrons. The maximum atomic E-state index is 11.9. The first kappa shape index (κ1) is 21.3. The summed E-state index contributed by atoms with van der Waals surface area (Å²) in [7, 11) is 0. The van der Waals surface area contributed by atoms with Crippen LogP contribution in [0.5, 0.6) is 5.75 Å². The number of nitriles is 1. The van der Waals surface area contributed by atoms with Gasteiger partial charge in [0.15, 0.2) is 6.61 Å². The van der Waals surface area contributed by atoms with Crippen molar-refractivity contribution < 1.29 is 14.5 Å². The molecule has 0 aliphatic carbocycles. The van der Waals surface area contributed by atoms with Crippen molar-refractivity contribution in [2.45, 2.75) is 0 Å². The molecular formula is C23H20N4O4. The summed E-state index contributed by atoms with van der Waals surface area (Å²) < 4.78 is 5.51. The van der Waals surface area contributed by atoms with Crippen molar-refractivity contribution in [1.82, 2.24) is 5.32 Å². The van der Waals surface area contributed by atoms with E-state index in [0.29, 0.717) is 24.4 Å². The van der Waals surface area contributed by atoms with Gasteiger partial charge in [0.1, 0.15) is 5.75 Å². The SMILES string of the molecule is N#Cc1ccc(-c2ccc(OCC(=O)NCCNc3ccc([N+](=O)[O-])cc3)cc2)cc1. The van der Waals surface area contributed by atoms with Crippen molar-refractivity contribution in [2.75, 3.05) is 25.0 Å². The third-order valence-corrected chi connectivity index (χ3v) is 4.43. The smallest absolute Gasteiger partial charge is 0.269 e. The number of rotatable bonds is 9. The predicted octanol–water partition coefficient (Wildman–Crippen LogP) is 3.74. The van der Waals surface area contributed by atoms with Crippen molar-refractivity contribution in [1.29, 1.82) is 5.26 Å². The number of benzene rings is 3. The molecule has 0 atom stereocenters. The second kappa shape index (κ2) is 10.4. The van der Waals surface area contributed by atoms with E-state index in [1.807, 2.05) is 24.3 Å². The molecule has 1 amide bonds. The number of nitrogens with zero attached hydrogens (tertiary/aromatic N) is 2. The van der Waals surface area contributed by atoms with Crippen molar-refractivity contribution in [3.05, 3.63) is 88.5 Å². The highest BCUT2D eigenvalue weighted by molar-refractivity contribution is 5.77. The monoisotopic (exact) mass is 416 g/mol. The highest BCUT2D eigenvalue weighted by Crippen LogP contribution is 2.22. The van der Waals surface area contributed by atoms with E-state index in [-0.39, 0.29) is 18.2 Å². The van der Waals surface area contributed by atoms with E-state index in [0.717, 1.165) is 16.8 Å². The Labute approximate surface area is 179 Å². The second-order valence-corrected chi connectivity index (χ2v) is 6.58. The lowest BCUT2D eigenvalue weighted by atomic mass is 10.0. The fraction of sp³-hybridized carbons (Fsp3) is 0.130. The van der Waals surface area contributed by atoms with Gasteiger partial charge in [-0.3, -0.25) is 14.9 Å². The minimum atomic E-state index is -0.454. The van der Waals surface area contributed by atoms with Crippen molar-refractivity contribution in [3.8, 4) is 22.9 Å². The molecule has 0 aromatic heterocycles. The number of carbonyl (C=O) groups is 1. The van der Waals surface area contributed by atoms with Crippen LogP contribution >= 0.6 is 0 Å². The van der Waals surface area contributed by atoms with Gasteiger partial charge in [0.25, 0.3) is 11.6 Å². The molecule has 0 spiro atoms. The summed E-state index contributed by atoms with van der Waals surface area (Å²) >= 11 is 0. The first-order chi connectivity index (χ1) is 15.0. The zero-order chi connectivity index (χ0) is 22.1. The number of carbonyl (C=O) groups excluding carboxylic acids is 1. The average Bonchev–Trinajstić information content (AvgIpc) is 2.81. The van der Waals surface area contributed by atoms with E-state index < -0.39 is 4.92 Å². The largest absolute Gasteiger partial charge is 0.484 e. The highest BCUT2D eigenvalue weighted by atomic mass is 16.6. The summed E-state index contributed by atoms with van der Waals surface area (Å²) in [5.74, 6) is 0.332. The maximum Gasteiger partial charge on any atom is 0.269 e. The lowest BCUT2D eigenvalue weighted by Crippen LogP contribution is -2.32. The van der Waals surface area contributed by atoms with Crippen LogP contribution in [0.25, 0.3) is 11.1 Å². The fourth-order valence-electron chi connectivity index (χ4n) is 2.79. The molecule has 2 N–H and O–H groups in total. The van der Waals surface area contributed by atoms with Crippen LogP contribution in [0.4, 0.5) is 11.4 Å². The van der Waals surface area contributed by atoms with Crippen molar-refractivity contribution in [2.24, 2.45) is 0 Å². The van der Waals surface area contributed by atoms with Gasteiger partial charge in [-0.05, 0) is 47.5 Å². The van der Waals surface area contributed by atoms with Gasteiger partial charge in [0.05, 0.1) is 16.6 Å². The number of amides is 1. The quantitative estimate of drug-likeness (QED) is 0.312. The lowest BCUT2D eigenvalue weighted by molar-refractivity contribution is -0.384. The number of nitro groups is 1. The molecule has 31 heavy (non-hydrogen) atoms. The molecular weight excluding hydrogens is 396 g/mol. The molecule has 0 unspecified atom stereocenters. The van der Waals surface area contributed by atoms with E-state index in [1.165, 1.54) is 12.1 Å². The summed E-state index contributed by atoms with van der Waals surface area (Å²) in [5.41, 5.74) is 3.35. The molecule has 8 heteroatoms. The minimum Gasteiger partial charge on any atom is -0.484 e. The van der Waals surface area contributed by atoms with Gasteiger partial charge in [-0.15, -0.1) is 0 Å². The zero-order valence-electron chi connectivity index (χ0n) is 16.6. The third-order valence-electron chi connectivity index (χ3n) is 4.43. The minimum absolute atomic E-state index is 0.0286. The number of ether oxygens (including phenoxy) is 1. The molecule has 0 fully saturated rings.